The van der Waals surface area contributed by atoms with Crippen LogP contribution in [0.4, 0.5) is 0 Å². The number of benzene rings is 2. The first-order valence-corrected chi connectivity index (χ1v) is 12.2. The summed E-state index contributed by atoms with van der Waals surface area (Å²) in [5, 5.41) is 13.6. The van der Waals surface area contributed by atoms with Crippen LogP contribution in [0.5, 0.6) is 0 Å². The molecule has 184 valence electrons. The maximum absolute atomic E-state index is 13.2. The van der Waals surface area contributed by atoms with Crippen LogP contribution in [-0.4, -0.2) is 30.1 Å². The zero-order chi connectivity index (χ0) is 25.1. The molecule has 0 aliphatic heterocycles. The Morgan fingerprint density at radius 2 is 1.89 bits per heavy atom. The molecule has 0 fully saturated rings. The molecule has 0 aliphatic rings. The van der Waals surface area contributed by atoms with E-state index in [9.17, 15) is 4.79 Å². The van der Waals surface area contributed by atoms with Crippen LogP contribution in [0.3, 0.4) is 0 Å². The number of nitrogens with one attached hydrogen (secondary N) is 1. The maximum atomic E-state index is 13.2. The number of furan rings is 1. The summed E-state index contributed by atoms with van der Waals surface area (Å²) in [6.07, 6.45) is 2.42. The van der Waals surface area contributed by atoms with Crippen LogP contribution in [0.25, 0.3) is 10.9 Å². The highest BCUT2D eigenvalue weighted by atomic mass is 16.3. The van der Waals surface area contributed by atoms with Crippen molar-refractivity contribution in [1.82, 2.24) is 30.1 Å². The van der Waals surface area contributed by atoms with Crippen LogP contribution in [0, 0.1) is 13.8 Å². The number of aromatic amines is 1. The number of tetrazole rings is 1. The van der Waals surface area contributed by atoms with Crippen molar-refractivity contribution in [2.75, 3.05) is 0 Å². The molecule has 3 heterocycles. The topological polar surface area (TPSA) is 92.8 Å². The van der Waals surface area contributed by atoms with E-state index >= 15 is 0 Å². The highest BCUT2D eigenvalue weighted by Crippen LogP contribution is 2.27. The van der Waals surface area contributed by atoms with Crippen molar-refractivity contribution >= 4 is 10.9 Å². The molecule has 3 aromatic heterocycles. The van der Waals surface area contributed by atoms with Crippen LogP contribution < -0.4 is 5.56 Å². The van der Waals surface area contributed by atoms with E-state index in [0.29, 0.717) is 25.2 Å². The Morgan fingerprint density at radius 3 is 2.64 bits per heavy atom. The molecule has 1 unspecified atom stereocenters. The summed E-state index contributed by atoms with van der Waals surface area (Å²) in [7, 11) is 0. The van der Waals surface area contributed by atoms with Crippen LogP contribution in [0.1, 0.15) is 53.2 Å². The van der Waals surface area contributed by atoms with Crippen LogP contribution in [-0.2, 0) is 19.6 Å². The van der Waals surface area contributed by atoms with E-state index in [1.54, 1.807) is 10.9 Å². The van der Waals surface area contributed by atoms with Crippen LogP contribution in [0.2, 0.25) is 0 Å². The van der Waals surface area contributed by atoms with Gasteiger partial charge in [0.25, 0.3) is 5.56 Å². The highest BCUT2D eigenvalue weighted by molar-refractivity contribution is 5.81. The van der Waals surface area contributed by atoms with E-state index in [2.05, 4.69) is 63.5 Å². The SMILES string of the molecule is CCC(c1nnnn1Cc1ccco1)N(Cc1ccc(C)cc1)Cc1cc2cccc(C)c2[nH]c1=O. The number of pyridine rings is 1. The lowest BCUT2D eigenvalue weighted by Crippen LogP contribution is -2.32. The first kappa shape index (κ1) is 23.7. The quantitative estimate of drug-likeness (QED) is 0.320. The predicted molar refractivity (Wildman–Crippen MR) is 138 cm³/mol. The third-order valence-corrected chi connectivity index (χ3v) is 6.62. The molecule has 2 aromatic carbocycles. The Labute approximate surface area is 209 Å². The van der Waals surface area contributed by atoms with Crippen LogP contribution in [0.15, 0.2) is 76.1 Å². The largest absolute Gasteiger partial charge is 0.467 e. The van der Waals surface area contributed by atoms with Crippen molar-refractivity contribution in [2.45, 2.75) is 52.9 Å². The summed E-state index contributed by atoms with van der Waals surface area (Å²) in [5.74, 6) is 1.53. The van der Waals surface area contributed by atoms with Gasteiger partial charge < -0.3 is 9.40 Å². The van der Waals surface area contributed by atoms with E-state index in [1.165, 1.54) is 5.56 Å². The van der Waals surface area contributed by atoms with Gasteiger partial charge in [-0.25, -0.2) is 4.68 Å². The Balaban J connectivity index is 1.53. The fourth-order valence-electron chi connectivity index (χ4n) is 4.69. The molecule has 8 heteroatoms. The smallest absolute Gasteiger partial charge is 0.252 e. The monoisotopic (exact) mass is 482 g/mol. The van der Waals surface area contributed by atoms with Gasteiger partial charge in [-0.15, -0.1) is 5.10 Å². The number of hydrogen-bond acceptors (Lipinski definition) is 6. The van der Waals surface area contributed by atoms with Gasteiger partial charge in [0.05, 0.1) is 17.8 Å². The van der Waals surface area contributed by atoms with Gasteiger partial charge in [0.2, 0.25) is 0 Å². The van der Waals surface area contributed by atoms with Gasteiger partial charge in [-0.2, -0.15) is 0 Å². The molecule has 8 nitrogen and oxygen atoms in total. The molecule has 0 bridgehead atoms. The number of aryl methyl sites for hydroxylation is 2. The number of para-hydroxylation sites is 1. The molecule has 5 aromatic rings. The molecule has 0 saturated heterocycles. The normalized spacial score (nSPS) is 12.4. The van der Waals surface area contributed by atoms with E-state index in [4.69, 9.17) is 4.42 Å². The first-order chi connectivity index (χ1) is 17.5. The van der Waals surface area contributed by atoms with Crippen molar-refractivity contribution in [3.63, 3.8) is 0 Å². The first-order valence-electron chi connectivity index (χ1n) is 12.2. The van der Waals surface area contributed by atoms with E-state index < -0.39 is 0 Å². The van der Waals surface area contributed by atoms with E-state index in [-0.39, 0.29) is 11.6 Å². The minimum absolute atomic E-state index is 0.0734. The number of fused-ring (bicyclic) bond motifs is 1. The van der Waals surface area contributed by atoms with Gasteiger partial charge in [-0.05, 0) is 65.4 Å². The minimum atomic E-state index is -0.108. The number of H-pyrrole nitrogens is 1. The Morgan fingerprint density at radius 1 is 1.06 bits per heavy atom. The second kappa shape index (κ2) is 10.3. The maximum Gasteiger partial charge on any atom is 0.252 e. The van der Waals surface area contributed by atoms with Crippen LogP contribution >= 0.6 is 0 Å². The summed E-state index contributed by atoms with van der Waals surface area (Å²) in [5.41, 5.74) is 4.94. The molecule has 1 N–H and O–H groups in total. The lowest BCUT2D eigenvalue weighted by atomic mass is 10.1. The summed E-state index contributed by atoms with van der Waals surface area (Å²) < 4.78 is 7.31. The molecule has 0 radical (unpaired) electrons. The minimum Gasteiger partial charge on any atom is -0.467 e. The lowest BCUT2D eigenvalue weighted by Gasteiger charge is -2.30. The number of nitrogens with zero attached hydrogens (tertiary/aromatic N) is 5. The fraction of sp³-hybridized carbons (Fsp3) is 0.286. The van der Waals surface area contributed by atoms with Crippen molar-refractivity contribution in [2.24, 2.45) is 0 Å². The average molecular weight is 483 g/mol. The standard InChI is InChI=1S/C28H30N6O2/c1-4-25(27-30-31-32-34(27)18-24-9-6-14-36-24)33(16-21-12-10-19(2)11-13-21)17-23-15-22-8-5-7-20(3)26(22)29-28(23)35/h5-15,25H,4,16-18H2,1-3H3,(H,29,35). The Bertz CT molecular complexity index is 1500. The molecule has 5 rings (SSSR count). The summed E-state index contributed by atoms with van der Waals surface area (Å²) in [6.45, 7) is 7.76. The van der Waals surface area contributed by atoms with Gasteiger partial charge in [-0.3, -0.25) is 9.69 Å². The van der Waals surface area contributed by atoms with Gasteiger partial charge in [0.1, 0.15) is 12.3 Å². The number of hydrogen-bond donors (Lipinski definition) is 1. The number of aromatic nitrogens is 5. The molecular formula is C28H30N6O2. The highest BCUT2D eigenvalue weighted by Gasteiger charge is 2.26. The lowest BCUT2D eigenvalue weighted by molar-refractivity contribution is 0.161. The third kappa shape index (κ3) is 4.99. The second-order valence-corrected chi connectivity index (χ2v) is 9.25. The fourth-order valence-corrected chi connectivity index (χ4v) is 4.69. The number of rotatable bonds is 9. The van der Waals surface area contributed by atoms with Gasteiger partial charge in [0, 0.05) is 18.7 Å². The summed E-state index contributed by atoms with van der Waals surface area (Å²) in [4.78, 5) is 18.5. The van der Waals surface area contributed by atoms with Gasteiger partial charge in [-0.1, -0.05) is 55.0 Å². The molecule has 0 spiro atoms. The van der Waals surface area contributed by atoms with Crippen molar-refractivity contribution in [3.8, 4) is 0 Å². The van der Waals surface area contributed by atoms with Crippen molar-refractivity contribution in [3.05, 3.63) is 111 Å². The third-order valence-electron chi connectivity index (χ3n) is 6.62. The zero-order valence-electron chi connectivity index (χ0n) is 20.8. The molecule has 36 heavy (non-hydrogen) atoms. The molecule has 0 amide bonds. The molecular weight excluding hydrogens is 452 g/mol. The predicted octanol–water partition coefficient (Wildman–Crippen LogP) is 4.93. The molecule has 1 atom stereocenters. The molecule has 0 aliphatic carbocycles. The van der Waals surface area contributed by atoms with Crippen molar-refractivity contribution in [1.29, 1.82) is 0 Å². The summed E-state index contributed by atoms with van der Waals surface area (Å²) in [6, 6.07) is 20.2. The van der Waals surface area contributed by atoms with E-state index in [1.807, 2.05) is 43.3 Å². The van der Waals surface area contributed by atoms with Gasteiger partial charge in [0.15, 0.2) is 5.82 Å². The average Bonchev–Trinajstić information content (AvgIpc) is 3.55. The van der Waals surface area contributed by atoms with E-state index in [0.717, 1.165) is 40.0 Å². The van der Waals surface area contributed by atoms with Crippen molar-refractivity contribution < 1.29 is 4.42 Å². The summed E-state index contributed by atoms with van der Waals surface area (Å²) >= 11 is 0. The second-order valence-electron chi connectivity index (χ2n) is 9.25. The molecule has 0 saturated carbocycles. The Hall–Kier alpha value is -4.04. The van der Waals surface area contributed by atoms with Gasteiger partial charge >= 0.3 is 0 Å². The zero-order valence-corrected chi connectivity index (χ0v) is 20.8. The Kier molecular flexibility index (Phi) is 6.77.